The molecule has 1 aromatic carbocycles. The fourth-order valence-electron chi connectivity index (χ4n) is 1.15. The normalized spacial score (nSPS) is 11.2. The van der Waals surface area contributed by atoms with Crippen LogP contribution >= 0.6 is 0 Å². The highest BCUT2D eigenvalue weighted by molar-refractivity contribution is 5.81. The zero-order chi connectivity index (χ0) is 8.81. The Morgan fingerprint density at radius 3 is 2.50 bits per heavy atom. The van der Waals surface area contributed by atoms with E-state index in [1.807, 2.05) is 37.3 Å². The molecule has 12 heavy (non-hydrogen) atoms. The molecule has 0 unspecified atom stereocenters. The molecule has 0 aliphatic rings. The summed E-state index contributed by atoms with van der Waals surface area (Å²) < 4.78 is 0. The summed E-state index contributed by atoms with van der Waals surface area (Å²) in [6.07, 6.45) is 3.35. The minimum Gasteiger partial charge on any atom is -0.299 e. The zero-order valence-electron chi connectivity index (χ0n) is 7.16. The number of hydrogen-bond donors (Lipinski definition) is 0. The second-order valence-corrected chi connectivity index (χ2v) is 2.55. The van der Waals surface area contributed by atoms with Crippen LogP contribution in [-0.4, -0.2) is 6.29 Å². The van der Waals surface area contributed by atoms with E-state index in [0.717, 1.165) is 23.8 Å². The Morgan fingerprint density at radius 2 is 2.00 bits per heavy atom. The molecule has 0 aromatic heterocycles. The van der Waals surface area contributed by atoms with Crippen molar-refractivity contribution in [1.82, 2.24) is 0 Å². The summed E-state index contributed by atoms with van der Waals surface area (Å²) >= 11 is 0. The van der Waals surface area contributed by atoms with Gasteiger partial charge in [0.1, 0.15) is 6.29 Å². The molecular formula is C11H12O. The highest BCUT2D eigenvalue weighted by atomic mass is 16.1. The minimum atomic E-state index is 0.839. The summed E-state index contributed by atoms with van der Waals surface area (Å²) in [6, 6.07) is 9.95. The molecule has 1 rings (SSSR count). The summed E-state index contributed by atoms with van der Waals surface area (Å²) in [5.74, 6) is 0. The highest BCUT2D eigenvalue weighted by Gasteiger charge is 1.95. The maximum absolute atomic E-state index is 10.3. The van der Waals surface area contributed by atoms with Crippen molar-refractivity contribution >= 4 is 11.9 Å². The van der Waals surface area contributed by atoms with Gasteiger partial charge in [-0.05, 0) is 23.6 Å². The quantitative estimate of drug-likeness (QED) is 0.490. The highest BCUT2D eigenvalue weighted by Crippen LogP contribution is 2.15. The summed E-state index contributed by atoms with van der Waals surface area (Å²) in [6.45, 7) is 2.04. The lowest BCUT2D eigenvalue weighted by atomic mass is 10.0. The van der Waals surface area contributed by atoms with Crippen molar-refractivity contribution in [2.75, 3.05) is 0 Å². The van der Waals surface area contributed by atoms with Gasteiger partial charge in [-0.1, -0.05) is 37.3 Å². The molecule has 0 atom stereocenters. The van der Waals surface area contributed by atoms with E-state index in [1.165, 1.54) is 0 Å². The molecule has 1 heteroatoms. The fraction of sp³-hybridized carbons (Fsp3) is 0.182. The molecule has 0 saturated heterocycles. The first-order chi connectivity index (χ1) is 5.88. The van der Waals surface area contributed by atoms with Gasteiger partial charge in [-0.3, -0.25) is 4.79 Å². The van der Waals surface area contributed by atoms with Gasteiger partial charge >= 0.3 is 0 Å². The third-order valence-corrected chi connectivity index (χ3v) is 1.79. The van der Waals surface area contributed by atoms with Crippen LogP contribution in [-0.2, 0) is 4.79 Å². The molecular weight excluding hydrogens is 148 g/mol. The summed E-state index contributed by atoms with van der Waals surface area (Å²) in [4.78, 5) is 10.3. The van der Waals surface area contributed by atoms with Gasteiger partial charge in [0.25, 0.3) is 0 Å². The van der Waals surface area contributed by atoms with Crippen LogP contribution in [0.2, 0.25) is 0 Å². The Balaban J connectivity index is 2.95. The number of aldehydes is 1. The van der Waals surface area contributed by atoms with E-state index in [-0.39, 0.29) is 0 Å². The average molecular weight is 160 g/mol. The lowest BCUT2D eigenvalue weighted by Crippen LogP contribution is -1.82. The first-order valence-electron chi connectivity index (χ1n) is 4.08. The summed E-state index contributed by atoms with van der Waals surface area (Å²) in [5.41, 5.74) is 2.22. The van der Waals surface area contributed by atoms with Crippen LogP contribution < -0.4 is 0 Å². The fourth-order valence-corrected chi connectivity index (χ4v) is 1.15. The van der Waals surface area contributed by atoms with Crippen LogP contribution in [0.15, 0.2) is 36.4 Å². The molecule has 0 aliphatic heterocycles. The van der Waals surface area contributed by atoms with Gasteiger partial charge in [-0.25, -0.2) is 0 Å². The van der Waals surface area contributed by atoms with Gasteiger partial charge in [0.15, 0.2) is 0 Å². The van der Waals surface area contributed by atoms with Crippen LogP contribution in [0.5, 0.6) is 0 Å². The molecule has 0 heterocycles. The largest absolute Gasteiger partial charge is 0.299 e. The van der Waals surface area contributed by atoms with Gasteiger partial charge in [0.2, 0.25) is 0 Å². The van der Waals surface area contributed by atoms with Crippen molar-refractivity contribution in [2.45, 2.75) is 13.3 Å². The second kappa shape index (κ2) is 4.50. The van der Waals surface area contributed by atoms with Crippen LogP contribution in [0.1, 0.15) is 18.9 Å². The van der Waals surface area contributed by atoms with E-state index in [2.05, 4.69) is 0 Å². The van der Waals surface area contributed by atoms with Crippen molar-refractivity contribution in [3.63, 3.8) is 0 Å². The van der Waals surface area contributed by atoms with E-state index < -0.39 is 0 Å². The average Bonchev–Trinajstić information content (AvgIpc) is 2.15. The molecule has 0 aliphatic carbocycles. The number of allylic oxidation sites excluding steroid dienone is 2. The lowest BCUT2D eigenvalue weighted by Gasteiger charge is -2.01. The van der Waals surface area contributed by atoms with Crippen molar-refractivity contribution in [3.05, 3.63) is 42.0 Å². The predicted molar refractivity (Wildman–Crippen MR) is 50.8 cm³/mol. The van der Waals surface area contributed by atoms with Crippen molar-refractivity contribution in [3.8, 4) is 0 Å². The predicted octanol–water partition coefficient (Wildman–Crippen LogP) is 2.68. The number of carbonyl (C=O) groups is 1. The first kappa shape index (κ1) is 8.72. The minimum absolute atomic E-state index is 0.839. The van der Waals surface area contributed by atoms with Gasteiger partial charge < -0.3 is 0 Å². The first-order valence-corrected chi connectivity index (χ1v) is 4.08. The van der Waals surface area contributed by atoms with Gasteiger partial charge in [-0.2, -0.15) is 0 Å². The van der Waals surface area contributed by atoms with Crippen LogP contribution in [0, 0.1) is 0 Å². The zero-order valence-corrected chi connectivity index (χ0v) is 7.16. The summed E-state index contributed by atoms with van der Waals surface area (Å²) in [7, 11) is 0. The third kappa shape index (κ3) is 2.06. The van der Waals surface area contributed by atoms with Crippen LogP contribution in [0.4, 0.5) is 0 Å². The Labute approximate surface area is 72.7 Å². The number of benzene rings is 1. The number of rotatable bonds is 3. The molecule has 0 saturated carbocycles. The molecule has 0 bridgehead atoms. The standard InChI is InChI=1S/C11H12O/c1-2-10(8-9-12)11-6-4-3-5-7-11/h3-9H,2H2,1H3/b10-8+. The molecule has 0 radical (unpaired) electrons. The monoisotopic (exact) mass is 160 g/mol. The number of carbonyl (C=O) groups excluding carboxylic acids is 1. The van der Waals surface area contributed by atoms with E-state index in [9.17, 15) is 4.79 Å². The Kier molecular flexibility index (Phi) is 3.27. The number of hydrogen-bond acceptors (Lipinski definition) is 1. The second-order valence-electron chi connectivity index (χ2n) is 2.55. The molecule has 62 valence electrons. The topological polar surface area (TPSA) is 17.1 Å². The lowest BCUT2D eigenvalue weighted by molar-refractivity contribution is -0.104. The molecule has 1 aromatic rings. The van der Waals surface area contributed by atoms with E-state index >= 15 is 0 Å². The maximum atomic E-state index is 10.3. The Morgan fingerprint density at radius 1 is 1.33 bits per heavy atom. The van der Waals surface area contributed by atoms with Crippen molar-refractivity contribution in [1.29, 1.82) is 0 Å². The molecule has 0 amide bonds. The van der Waals surface area contributed by atoms with Crippen molar-refractivity contribution < 1.29 is 4.79 Å². The van der Waals surface area contributed by atoms with E-state index in [4.69, 9.17) is 0 Å². The van der Waals surface area contributed by atoms with Crippen LogP contribution in [0.3, 0.4) is 0 Å². The molecule has 1 nitrogen and oxygen atoms in total. The Hall–Kier alpha value is -1.37. The maximum Gasteiger partial charge on any atom is 0.143 e. The third-order valence-electron chi connectivity index (χ3n) is 1.79. The van der Waals surface area contributed by atoms with Gasteiger partial charge in [0.05, 0.1) is 0 Å². The molecule has 0 N–H and O–H groups in total. The van der Waals surface area contributed by atoms with Crippen LogP contribution in [0.25, 0.3) is 5.57 Å². The Bertz CT molecular complexity index is 272. The van der Waals surface area contributed by atoms with E-state index in [1.54, 1.807) is 6.08 Å². The van der Waals surface area contributed by atoms with Crippen molar-refractivity contribution in [2.24, 2.45) is 0 Å². The molecule has 0 spiro atoms. The van der Waals surface area contributed by atoms with Gasteiger partial charge in [0, 0.05) is 0 Å². The smallest absolute Gasteiger partial charge is 0.143 e. The SMILES string of the molecule is CC/C(=C\C=O)c1ccccc1. The van der Waals surface area contributed by atoms with Gasteiger partial charge in [-0.15, -0.1) is 0 Å². The van der Waals surface area contributed by atoms with E-state index in [0.29, 0.717) is 0 Å². The molecule has 0 fully saturated rings. The summed E-state index contributed by atoms with van der Waals surface area (Å²) in [5, 5.41) is 0.